The molecule has 0 aliphatic carbocycles. The van der Waals surface area contributed by atoms with Gasteiger partial charge < -0.3 is 19.4 Å². The van der Waals surface area contributed by atoms with E-state index in [1.54, 1.807) is 42.1 Å². The number of nitrogens with one attached hydrogen (secondary N) is 1. The minimum Gasteiger partial charge on any atom is -0.497 e. The molecule has 128 valence electrons. The van der Waals surface area contributed by atoms with Gasteiger partial charge in [-0.05, 0) is 18.2 Å². The summed E-state index contributed by atoms with van der Waals surface area (Å²) < 4.78 is 11.7. The summed E-state index contributed by atoms with van der Waals surface area (Å²) in [5.41, 5.74) is 1.88. The van der Waals surface area contributed by atoms with E-state index in [-0.39, 0.29) is 12.5 Å². The maximum Gasteiger partial charge on any atom is 0.340 e. The molecule has 0 saturated carbocycles. The molecule has 0 aliphatic heterocycles. The van der Waals surface area contributed by atoms with E-state index >= 15 is 0 Å². The molecular formula is C19H18N2O4. The van der Waals surface area contributed by atoms with E-state index in [1.807, 2.05) is 24.3 Å². The van der Waals surface area contributed by atoms with E-state index < -0.39 is 5.97 Å². The largest absolute Gasteiger partial charge is 0.497 e. The van der Waals surface area contributed by atoms with Crippen molar-refractivity contribution in [3.8, 4) is 5.75 Å². The average Bonchev–Trinajstić information content (AvgIpc) is 3.00. The van der Waals surface area contributed by atoms with Gasteiger partial charge in [0, 0.05) is 28.9 Å². The number of methoxy groups -OCH3 is 2. The zero-order valence-corrected chi connectivity index (χ0v) is 14.0. The van der Waals surface area contributed by atoms with Crippen LogP contribution in [0.25, 0.3) is 10.9 Å². The highest BCUT2D eigenvalue weighted by atomic mass is 16.5. The molecule has 2 aromatic carbocycles. The summed E-state index contributed by atoms with van der Waals surface area (Å²) in [6, 6.07) is 14.5. The van der Waals surface area contributed by atoms with Crippen molar-refractivity contribution in [3.63, 3.8) is 0 Å². The summed E-state index contributed by atoms with van der Waals surface area (Å²) in [6.45, 7) is 0.0781. The number of hydrogen-bond donors (Lipinski definition) is 1. The topological polar surface area (TPSA) is 69.6 Å². The second-order valence-electron chi connectivity index (χ2n) is 5.46. The number of amides is 1. The summed E-state index contributed by atoms with van der Waals surface area (Å²) in [6.07, 6.45) is 1.64. The minimum atomic E-state index is -0.428. The van der Waals surface area contributed by atoms with Gasteiger partial charge in [-0.2, -0.15) is 0 Å². The first-order valence-electron chi connectivity index (χ1n) is 7.72. The van der Waals surface area contributed by atoms with Crippen molar-refractivity contribution < 1.29 is 19.1 Å². The van der Waals surface area contributed by atoms with Crippen molar-refractivity contribution in [2.24, 2.45) is 0 Å². The molecule has 1 aromatic heterocycles. The Morgan fingerprint density at radius 1 is 1.08 bits per heavy atom. The van der Waals surface area contributed by atoms with Crippen molar-refractivity contribution >= 4 is 28.5 Å². The molecule has 0 radical (unpaired) electrons. The molecule has 0 unspecified atom stereocenters. The number of benzene rings is 2. The molecule has 0 saturated heterocycles. The number of anilines is 1. The van der Waals surface area contributed by atoms with Gasteiger partial charge in [-0.25, -0.2) is 4.79 Å². The van der Waals surface area contributed by atoms with Crippen LogP contribution >= 0.6 is 0 Å². The summed E-state index contributed by atoms with van der Waals surface area (Å²) in [5, 5.41) is 3.58. The van der Waals surface area contributed by atoms with E-state index in [9.17, 15) is 9.59 Å². The molecule has 25 heavy (non-hydrogen) atoms. The molecule has 0 bridgehead atoms. The lowest BCUT2D eigenvalue weighted by molar-refractivity contribution is -0.116. The summed E-state index contributed by atoms with van der Waals surface area (Å²) >= 11 is 0. The predicted molar refractivity (Wildman–Crippen MR) is 94.9 cm³/mol. The van der Waals surface area contributed by atoms with Gasteiger partial charge in [-0.1, -0.05) is 24.3 Å². The zero-order chi connectivity index (χ0) is 17.8. The Balaban J connectivity index is 1.85. The van der Waals surface area contributed by atoms with Gasteiger partial charge in [0.15, 0.2) is 0 Å². The second-order valence-corrected chi connectivity index (χ2v) is 5.46. The number of aromatic nitrogens is 1. The molecule has 0 aliphatic rings. The highest BCUT2D eigenvalue weighted by molar-refractivity contribution is 6.04. The molecule has 1 N–H and O–H groups in total. The molecule has 6 nitrogen and oxygen atoms in total. The maximum absolute atomic E-state index is 12.4. The van der Waals surface area contributed by atoms with Crippen LogP contribution in [0, 0.1) is 0 Å². The molecule has 0 spiro atoms. The quantitative estimate of drug-likeness (QED) is 0.726. The first-order chi connectivity index (χ1) is 12.1. The van der Waals surface area contributed by atoms with Crippen LogP contribution < -0.4 is 10.1 Å². The predicted octanol–water partition coefficient (Wildman–Crippen LogP) is 3.08. The Kier molecular flexibility index (Phi) is 4.70. The zero-order valence-electron chi connectivity index (χ0n) is 14.0. The number of rotatable bonds is 5. The second kappa shape index (κ2) is 7.09. The molecule has 6 heteroatoms. The fourth-order valence-corrected chi connectivity index (χ4v) is 2.71. The number of ether oxygens (including phenoxy) is 2. The fraction of sp³-hybridized carbons (Fsp3) is 0.158. The van der Waals surface area contributed by atoms with Crippen LogP contribution in [-0.4, -0.2) is 30.7 Å². The van der Waals surface area contributed by atoms with Crippen molar-refractivity contribution in [2.45, 2.75) is 6.54 Å². The molecule has 3 rings (SSSR count). The fourth-order valence-electron chi connectivity index (χ4n) is 2.71. The third kappa shape index (κ3) is 3.47. The molecule has 1 amide bonds. The number of carbonyl (C=O) groups is 2. The van der Waals surface area contributed by atoms with Gasteiger partial charge in [-0.3, -0.25) is 4.79 Å². The van der Waals surface area contributed by atoms with E-state index in [4.69, 9.17) is 9.47 Å². The van der Waals surface area contributed by atoms with Gasteiger partial charge in [-0.15, -0.1) is 0 Å². The highest BCUT2D eigenvalue weighted by Crippen LogP contribution is 2.22. The molecule has 0 atom stereocenters. The third-order valence-corrected chi connectivity index (χ3v) is 3.86. The van der Waals surface area contributed by atoms with E-state index in [2.05, 4.69) is 5.32 Å². The van der Waals surface area contributed by atoms with Crippen LogP contribution in [0.15, 0.2) is 54.7 Å². The van der Waals surface area contributed by atoms with Crippen molar-refractivity contribution in [1.82, 2.24) is 4.57 Å². The first-order valence-corrected chi connectivity index (χ1v) is 7.72. The van der Waals surface area contributed by atoms with Gasteiger partial charge in [0.2, 0.25) is 5.91 Å². The molecule has 0 fully saturated rings. The van der Waals surface area contributed by atoms with Gasteiger partial charge in [0.25, 0.3) is 0 Å². The normalized spacial score (nSPS) is 10.5. The third-order valence-electron chi connectivity index (χ3n) is 3.86. The van der Waals surface area contributed by atoms with Crippen LogP contribution in [0.4, 0.5) is 5.69 Å². The standard InChI is InChI=1S/C19H18N2O4/c1-24-14-7-5-6-13(10-14)20-18(22)12-21-11-16(19(23)25-2)15-8-3-4-9-17(15)21/h3-11H,12H2,1-2H3,(H,20,22). The Labute approximate surface area is 145 Å². The highest BCUT2D eigenvalue weighted by Gasteiger charge is 2.16. The van der Waals surface area contributed by atoms with Crippen molar-refractivity contribution in [2.75, 3.05) is 19.5 Å². The lowest BCUT2D eigenvalue weighted by atomic mass is 10.2. The number of hydrogen-bond acceptors (Lipinski definition) is 4. The lowest BCUT2D eigenvalue weighted by Gasteiger charge is -2.08. The summed E-state index contributed by atoms with van der Waals surface area (Å²) in [5.74, 6) is 0.0331. The molecule has 3 aromatic rings. The smallest absolute Gasteiger partial charge is 0.340 e. The molecular weight excluding hydrogens is 320 g/mol. The monoisotopic (exact) mass is 338 g/mol. The van der Waals surface area contributed by atoms with Crippen molar-refractivity contribution in [3.05, 3.63) is 60.3 Å². The minimum absolute atomic E-state index is 0.0781. The average molecular weight is 338 g/mol. The van der Waals surface area contributed by atoms with E-state index in [1.165, 1.54) is 7.11 Å². The Bertz CT molecular complexity index is 930. The van der Waals surface area contributed by atoms with Gasteiger partial charge in [0.05, 0.1) is 19.8 Å². The number of para-hydroxylation sites is 1. The number of fused-ring (bicyclic) bond motifs is 1. The van der Waals surface area contributed by atoms with E-state index in [0.29, 0.717) is 17.0 Å². The van der Waals surface area contributed by atoms with E-state index in [0.717, 1.165) is 10.9 Å². The maximum atomic E-state index is 12.4. The number of carbonyl (C=O) groups excluding carboxylic acids is 2. The van der Waals surface area contributed by atoms with Crippen molar-refractivity contribution in [1.29, 1.82) is 0 Å². The van der Waals surface area contributed by atoms with Gasteiger partial charge >= 0.3 is 5.97 Å². The Hall–Kier alpha value is -3.28. The SMILES string of the molecule is COC(=O)c1cn(CC(=O)Nc2cccc(OC)c2)c2ccccc12. The summed E-state index contributed by atoms with van der Waals surface area (Å²) in [4.78, 5) is 24.3. The van der Waals surface area contributed by atoms with Crippen LogP contribution in [0.2, 0.25) is 0 Å². The van der Waals surface area contributed by atoms with Crippen LogP contribution in [0.1, 0.15) is 10.4 Å². The number of nitrogens with zero attached hydrogens (tertiary/aromatic N) is 1. The summed E-state index contributed by atoms with van der Waals surface area (Å²) in [7, 11) is 2.91. The molecule has 1 heterocycles. The van der Waals surface area contributed by atoms with Crippen LogP contribution in [0.5, 0.6) is 5.75 Å². The first kappa shape index (κ1) is 16.6. The Morgan fingerprint density at radius 3 is 2.64 bits per heavy atom. The van der Waals surface area contributed by atoms with Crippen LogP contribution in [0.3, 0.4) is 0 Å². The number of esters is 1. The van der Waals surface area contributed by atoms with Gasteiger partial charge in [0.1, 0.15) is 12.3 Å². The lowest BCUT2D eigenvalue weighted by Crippen LogP contribution is -2.18. The van der Waals surface area contributed by atoms with Crippen LogP contribution in [-0.2, 0) is 16.1 Å². The Morgan fingerprint density at radius 2 is 1.88 bits per heavy atom.